The predicted molar refractivity (Wildman–Crippen MR) is 42.3 cm³/mol. The zero-order valence-electron chi connectivity index (χ0n) is 6.70. The van der Waals surface area contributed by atoms with Crippen molar-refractivity contribution >= 4 is 11.6 Å². The lowest BCUT2D eigenvalue weighted by Crippen LogP contribution is -2.21. The van der Waals surface area contributed by atoms with Gasteiger partial charge in [0.1, 0.15) is 18.2 Å². The van der Waals surface area contributed by atoms with Crippen LogP contribution in [-0.2, 0) is 5.92 Å². The third-order valence-electron chi connectivity index (χ3n) is 1.61. The van der Waals surface area contributed by atoms with Gasteiger partial charge in [-0.25, -0.2) is 8.78 Å². The minimum absolute atomic E-state index is 0.528. The topological polar surface area (TPSA) is 20.2 Å². The van der Waals surface area contributed by atoms with Gasteiger partial charge in [0, 0.05) is 0 Å². The first-order chi connectivity index (χ1) is 6.40. The molecule has 0 aliphatic rings. The van der Waals surface area contributed by atoms with Crippen LogP contribution in [0.3, 0.4) is 0 Å². The van der Waals surface area contributed by atoms with E-state index in [9.17, 15) is 17.6 Å². The highest BCUT2D eigenvalue weighted by Crippen LogP contribution is 2.36. The first kappa shape index (κ1) is 11.3. The highest BCUT2D eigenvalue weighted by molar-refractivity contribution is 6.31. The summed E-state index contributed by atoms with van der Waals surface area (Å²) in [5.41, 5.74) is -1.32. The Bertz CT molecular complexity index is 353. The maximum atomic E-state index is 12.9. The van der Waals surface area contributed by atoms with Gasteiger partial charge in [0.05, 0.1) is 10.6 Å². The van der Waals surface area contributed by atoms with Crippen molar-refractivity contribution in [1.29, 1.82) is 0 Å². The third-order valence-corrected chi connectivity index (χ3v) is 1.98. The number of aliphatic hydroxyl groups excluding tert-OH is 1. The van der Waals surface area contributed by atoms with Gasteiger partial charge in [0.15, 0.2) is 0 Å². The van der Waals surface area contributed by atoms with Crippen LogP contribution in [0, 0.1) is 11.6 Å². The summed E-state index contributed by atoms with van der Waals surface area (Å²) in [6, 6.07) is 1.16. The van der Waals surface area contributed by atoms with E-state index in [1.54, 1.807) is 0 Å². The fourth-order valence-corrected chi connectivity index (χ4v) is 1.23. The van der Waals surface area contributed by atoms with Crippen molar-refractivity contribution in [3.05, 3.63) is 34.4 Å². The van der Waals surface area contributed by atoms with Crippen molar-refractivity contribution in [1.82, 2.24) is 0 Å². The lowest BCUT2D eigenvalue weighted by molar-refractivity contribution is -0.0583. The van der Waals surface area contributed by atoms with Gasteiger partial charge in [-0.3, -0.25) is 0 Å². The number of hydrogen-bond acceptors (Lipinski definition) is 1. The van der Waals surface area contributed by atoms with Gasteiger partial charge >= 0.3 is 0 Å². The molecule has 0 aliphatic heterocycles. The summed E-state index contributed by atoms with van der Waals surface area (Å²) in [6.45, 7) is -1.63. The summed E-state index contributed by atoms with van der Waals surface area (Å²) >= 11 is 5.16. The number of aliphatic hydroxyl groups is 1. The first-order valence-corrected chi connectivity index (χ1v) is 3.90. The lowest BCUT2D eigenvalue weighted by atomic mass is 10.1. The Labute approximate surface area is 81.9 Å². The van der Waals surface area contributed by atoms with E-state index in [0.29, 0.717) is 12.1 Å². The molecule has 0 saturated carbocycles. The zero-order chi connectivity index (χ0) is 10.9. The standard InChI is InChI=1S/C8H5ClF4O/c9-7-5(11)2-1-4(10)6(7)8(12,13)3-14/h1-2,14H,3H2. The summed E-state index contributed by atoms with van der Waals surface area (Å²) in [5, 5.41) is 7.28. The Morgan fingerprint density at radius 2 is 1.71 bits per heavy atom. The zero-order valence-corrected chi connectivity index (χ0v) is 7.45. The third kappa shape index (κ3) is 1.83. The fourth-order valence-electron chi connectivity index (χ4n) is 0.941. The molecule has 14 heavy (non-hydrogen) atoms. The molecule has 0 amide bonds. The predicted octanol–water partition coefficient (Wildman–Crippen LogP) is 2.70. The quantitative estimate of drug-likeness (QED) is 0.610. The molecule has 1 N–H and O–H groups in total. The van der Waals surface area contributed by atoms with E-state index < -0.39 is 34.7 Å². The first-order valence-electron chi connectivity index (χ1n) is 3.53. The van der Waals surface area contributed by atoms with Crippen LogP contribution in [0.5, 0.6) is 0 Å². The van der Waals surface area contributed by atoms with Crippen molar-refractivity contribution in [2.24, 2.45) is 0 Å². The molecule has 0 saturated heterocycles. The minimum atomic E-state index is -3.89. The van der Waals surface area contributed by atoms with Gasteiger partial charge in [-0.15, -0.1) is 0 Å². The molecule has 1 aromatic rings. The summed E-state index contributed by atoms with van der Waals surface area (Å²) in [6.07, 6.45) is 0. The van der Waals surface area contributed by atoms with Crippen LogP contribution in [0.15, 0.2) is 12.1 Å². The molecule has 0 unspecified atom stereocenters. The van der Waals surface area contributed by atoms with E-state index in [1.165, 1.54) is 0 Å². The molecule has 0 bridgehead atoms. The monoisotopic (exact) mass is 228 g/mol. The van der Waals surface area contributed by atoms with Crippen LogP contribution < -0.4 is 0 Å². The highest BCUT2D eigenvalue weighted by Gasteiger charge is 2.37. The van der Waals surface area contributed by atoms with Crippen molar-refractivity contribution in [2.45, 2.75) is 5.92 Å². The maximum absolute atomic E-state index is 12.9. The van der Waals surface area contributed by atoms with E-state index in [0.717, 1.165) is 0 Å². The molecule has 0 fully saturated rings. The summed E-state index contributed by atoms with van der Waals surface area (Å²) < 4.78 is 51.3. The van der Waals surface area contributed by atoms with Gasteiger partial charge in [0.25, 0.3) is 5.92 Å². The molecule has 1 rings (SSSR count). The Morgan fingerprint density at radius 1 is 1.21 bits per heavy atom. The maximum Gasteiger partial charge on any atom is 0.300 e. The van der Waals surface area contributed by atoms with Crippen LogP contribution in [0.1, 0.15) is 5.56 Å². The minimum Gasteiger partial charge on any atom is -0.390 e. The molecule has 0 atom stereocenters. The van der Waals surface area contributed by atoms with Crippen LogP contribution in [0.25, 0.3) is 0 Å². The smallest absolute Gasteiger partial charge is 0.300 e. The Morgan fingerprint density at radius 3 is 2.21 bits per heavy atom. The second-order valence-electron chi connectivity index (χ2n) is 2.58. The SMILES string of the molecule is OCC(F)(F)c1c(F)ccc(F)c1Cl. The lowest BCUT2D eigenvalue weighted by Gasteiger charge is -2.15. The van der Waals surface area contributed by atoms with Gasteiger partial charge in [-0.1, -0.05) is 11.6 Å². The van der Waals surface area contributed by atoms with E-state index in [1.807, 2.05) is 0 Å². The van der Waals surface area contributed by atoms with Crippen LogP contribution in [0.2, 0.25) is 5.02 Å². The second kappa shape index (κ2) is 3.74. The molecule has 0 aliphatic carbocycles. The van der Waals surface area contributed by atoms with Crippen molar-refractivity contribution in [3.63, 3.8) is 0 Å². The summed E-state index contributed by atoms with van der Waals surface area (Å²) in [4.78, 5) is 0. The average Bonchev–Trinajstić information content (AvgIpc) is 2.12. The second-order valence-corrected chi connectivity index (χ2v) is 2.96. The van der Waals surface area contributed by atoms with E-state index >= 15 is 0 Å². The average molecular weight is 229 g/mol. The Hall–Kier alpha value is -0.810. The van der Waals surface area contributed by atoms with E-state index in [4.69, 9.17) is 16.7 Å². The van der Waals surface area contributed by atoms with Gasteiger partial charge in [-0.2, -0.15) is 8.78 Å². The molecule has 1 nitrogen and oxygen atoms in total. The molecule has 78 valence electrons. The van der Waals surface area contributed by atoms with Crippen LogP contribution >= 0.6 is 11.6 Å². The number of benzene rings is 1. The number of halogens is 5. The molecule has 0 spiro atoms. The largest absolute Gasteiger partial charge is 0.390 e. The Kier molecular flexibility index (Phi) is 3.01. The Balaban J connectivity index is 3.40. The number of rotatable bonds is 2. The molecule has 0 aromatic heterocycles. The molecular weight excluding hydrogens is 224 g/mol. The molecule has 1 aromatic carbocycles. The van der Waals surface area contributed by atoms with E-state index in [-0.39, 0.29) is 0 Å². The van der Waals surface area contributed by atoms with Gasteiger partial charge in [0.2, 0.25) is 0 Å². The van der Waals surface area contributed by atoms with Crippen LogP contribution in [0.4, 0.5) is 17.6 Å². The van der Waals surface area contributed by atoms with Gasteiger partial charge < -0.3 is 5.11 Å². The summed E-state index contributed by atoms with van der Waals surface area (Å²) in [5.74, 6) is -6.39. The van der Waals surface area contributed by atoms with Crippen LogP contribution in [-0.4, -0.2) is 11.7 Å². The normalized spacial score (nSPS) is 11.9. The van der Waals surface area contributed by atoms with E-state index in [2.05, 4.69) is 0 Å². The molecule has 0 radical (unpaired) electrons. The van der Waals surface area contributed by atoms with Crippen molar-refractivity contribution < 1.29 is 22.7 Å². The number of hydrogen-bond donors (Lipinski definition) is 1. The molecular formula is C8H5ClF4O. The highest BCUT2D eigenvalue weighted by atomic mass is 35.5. The fraction of sp³-hybridized carbons (Fsp3) is 0.250. The summed E-state index contributed by atoms with van der Waals surface area (Å²) in [7, 11) is 0. The molecule has 6 heteroatoms. The van der Waals surface area contributed by atoms with Crippen molar-refractivity contribution in [3.8, 4) is 0 Å². The van der Waals surface area contributed by atoms with Gasteiger partial charge in [-0.05, 0) is 12.1 Å². The molecule has 0 heterocycles. The van der Waals surface area contributed by atoms with Crippen molar-refractivity contribution in [2.75, 3.05) is 6.61 Å². The number of alkyl halides is 2.